The Balaban J connectivity index is 1.68. The molecule has 0 amide bonds. The Morgan fingerprint density at radius 3 is 1.76 bits per heavy atom. The monoisotopic (exact) mass is 235 g/mol. The highest BCUT2D eigenvalue weighted by molar-refractivity contribution is 5.29. The molecule has 1 aromatic rings. The zero-order chi connectivity index (χ0) is 11.7. The molecule has 2 aliphatic rings. The molecule has 0 radical (unpaired) electrons. The van der Waals surface area contributed by atoms with Crippen LogP contribution in [0, 0.1) is 0 Å². The third-order valence-corrected chi connectivity index (χ3v) is 3.38. The van der Waals surface area contributed by atoms with Crippen LogP contribution in [0.15, 0.2) is 6.07 Å². The van der Waals surface area contributed by atoms with Crippen molar-refractivity contribution in [3.63, 3.8) is 0 Å². The molecule has 3 rings (SSSR count). The Labute approximate surface area is 100 Å². The molecule has 17 heavy (non-hydrogen) atoms. The summed E-state index contributed by atoms with van der Waals surface area (Å²) >= 11 is 0. The Bertz CT molecular complexity index is 368. The number of hydrogen-bond acceptors (Lipinski definition) is 5. The first-order chi connectivity index (χ1) is 8.29. The molecule has 5 heteroatoms. The summed E-state index contributed by atoms with van der Waals surface area (Å²) < 4.78 is 11.4. The molecule has 92 valence electrons. The molecule has 0 bridgehead atoms. The number of hydrogen-bond donors (Lipinski definition) is 1. The minimum atomic E-state index is 0.219. The Kier molecular flexibility index (Phi) is 2.74. The highest BCUT2D eigenvalue weighted by Gasteiger charge is 2.22. The van der Waals surface area contributed by atoms with E-state index in [1.165, 1.54) is 12.8 Å². The summed E-state index contributed by atoms with van der Waals surface area (Å²) in [5.41, 5.74) is 5.65. The topological polar surface area (TPSA) is 70.3 Å². The summed E-state index contributed by atoms with van der Waals surface area (Å²) in [5, 5.41) is 0. The van der Waals surface area contributed by atoms with Gasteiger partial charge in [-0.05, 0) is 38.5 Å². The molecule has 0 unspecified atom stereocenters. The summed E-state index contributed by atoms with van der Waals surface area (Å²) in [6.45, 7) is 0. The number of anilines is 1. The van der Waals surface area contributed by atoms with Crippen LogP contribution in [0.25, 0.3) is 0 Å². The first-order valence-corrected chi connectivity index (χ1v) is 6.27. The van der Waals surface area contributed by atoms with Crippen molar-refractivity contribution in [1.82, 2.24) is 9.97 Å². The van der Waals surface area contributed by atoms with Gasteiger partial charge in [0.1, 0.15) is 12.2 Å². The minimum absolute atomic E-state index is 0.219. The zero-order valence-electron chi connectivity index (χ0n) is 9.76. The van der Waals surface area contributed by atoms with E-state index in [0.29, 0.717) is 24.0 Å². The predicted octanol–water partition coefficient (Wildman–Crippen LogP) is 1.92. The molecule has 0 saturated heterocycles. The summed E-state index contributed by atoms with van der Waals surface area (Å²) in [6, 6.07) is 1.74. The molecule has 2 N–H and O–H groups in total. The van der Waals surface area contributed by atoms with Crippen molar-refractivity contribution in [2.24, 2.45) is 0 Å². The van der Waals surface area contributed by atoms with Crippen molar-refractivity contribution < 1.29 is 9.47 Å². The molecule has 0 aliphatic heterocycles. The van der Waals surface area contributed by atoms with E-state index in [4.69, 9.17) is 15.2 Å². The van der Waals surface area contributed by atoms with Crippen LogP contribution >= 0.6 is 0 Å². The Hall–Kier alpha value is -1.52. The lowest BCUT2D eigenvalue weighted by atomic mass is 9.96. The van der Waals surface area contributed by atoms with Crippen LogP contribution in [0.3, 0.4) is 0 Å². The maximum Gasteiger partial charge on any atom is 0.226 e. The first-order valence-electron chi connectivity index (χ1n) is 6.27. The third kappa shape index (κ3) is 2.43. The number of nitrogen functional groups attached to an aromatic ring is 1. The van der Waals surface area contributed by atoms with E-state index in [9.17, 15) is 0 Å². The van der Waals surface area contributed by atoms with E-state index in [1.54, 1.807) is 6.07 Å². The summed E-state index contributed by atoms with van der Waals surface area (Å²) in [6.07, 6.45) is 7.45. The minimum Gasteiger partial charge on any atom is -0.474 e. The average molecular weight is 235 g/mol. The van der Waals surface area contributed by atoms with Gasteiger partial charge in [0.2, 0.25) is 17.7 Å². The molecule has 1 heterocycles. The lowest BCUT2D eigenvalue weighted by molar-refractivity contribution is 0.105. The highest BCUT2D eigenvalue weighted by atomic mass is 16.5. The second-order valence-electron chi connectivity index (χ2n) is 4.74. The van der Waals surface area contributed by atoms with Gasteiger partial charge >= 0.3 is 0 Å². The van der Waals surface area contributed by atoms with Crippen molar-refractivity contribution in [3.8, 4) is 11.8 Å². The smallest absolute Gasteiger partial charge is 0.226 e. The van der Waals surface area contributed by atoms with Crippen LogP contribution < -0.4 is 15.2 Å². The fourth-order valence-corrected chi connectivity index (χ4v) is 1.86. The van der Waals surface area contributed by atoms with Crippen molar-refractivity contribution in [3.05, 3.63) is 6.07 Å². The van der Waals surface area contributed by atoms with E-state index in [2.05, 4.69) is 9.97 Å². The van der Waals surface area contributed by atoms with Gasteiger partial charge in [-0.25, -0.2) is 0 Å². The van der Waals surface area contributed by atoms with Crippen LogP contribution in [0.1, 0.15) is 38.5 Å². The van der Waals surface area contributed by atoms with Crippen molar-refractivity contribution in [1.29, 1.82) is 0 Å². The van der Waals surface area contributed by atoms with Crippen LogP contribution in [-0.2, 0) is 0 Å². The largest absolute Gasteiger partial charge is 0.474 e. The molecular weight excluding hydrogens is 218 g/mol. The zero-order valence-corrected chi connectivity index (χ0v) is 9.76. The number of ether oxygens (including phenoxy) is 2. The summed E-state index contributed by atoms with van der Waals surface area (Å²) in [5.74, 6) is 1.30. The molecular formula is C12H17N3O2. The van der Waals surface area contributed by atoms with E-state index in [1.807, 2.05) is 0 Å². The normalized spacial score (nSPS) is 20.5. The van der Waals surface area contributed by atoms with Gasteiger partial charge in [0, 0.05) is 0 Å². The number of nitrogens with two attached hydrogens (primary N) is 1. The first kappa shape index (κ1) is 10.6. The maximum absolute atomic E-state index is 5.69. The third-order valence-electron chi connectivity index (χ3n) is 3.38. The van der Waals surface area contributed by atoms with E-state index >= 15 is 0 Å². The maximum atomic E-state index is 5.69. The average Bonchev–Trinajstić information content (AvgIpc) is 2.17. The molecule has 2 fully saturated rings. The molecule has 0 spiro atoms. The predicted molar refractivity (Wildman–Crippen MR) is 63.0 cm³/mol. The van der Waals surface area contributed by atoms with Crippen molar-refractivity contribution in [2.45, 2.75) is 50.7 Å². The van der Waals surface area contributed by atoms with Crippen LogP contribution in [0.2, 0.25) is 0 Å². The summed E-state index contributed by atoms with van der Waals surface area (Å²) in [7, 11) is 0. The standard InChI is InChI=1S/C12H17N3O2/c13-12-14-10(16-8-3-1-4-8)7-11(15-12)17-9-5-2-6-9/h7-9H,1-6H2,(H2,13,14,15). The number of aromatic nitrogens is 2. The molecule has 5 nitrogen and oxygen atoms in total. The Morgan fingerprint density at radius 2 is 1.41 bits per heavy atom. The lowest BCUT2D eigenvalue weighted by Gasteiger charge is -2.27. The molecule has 2 aliphatic carbocycles. The Morgan fingerprint density at radius 1 is 0.941 bits per heavy atom. The number of rotatable bonds is 4. The molecule has 2 saturated carbocycles. The van der Waals surface area contributed by atoms with Gasteiger partial charge in [0.05, 0.1) is 6.07 Å². The van der Waals surface area contributed by atoms with Crippen molar-refractivity contribution in [2.75, 3.05) is 5.73 Å². The van der Waals surface area contributed by atoms with Crippen LogP contribution in [0.5, 0.6) is 11.8 Å². The fourth-order valence-electron chi connectivity index (χ4n) is 1.86. The fraction of sp³-hybridized carbons (Fsp3) is 0.667. The van der Waals surface area contributed by atoms with Crippen LogP contribution in [0.4, 0.5) is 5.95 Å². The van der Waals surface area contributed by atoms with Crippen molar-refractivity contribution >= 4 is 5.95 Å². The quantitative estimate of drug-likeness (QED) is 0.863. The summed E-state index contributed by atoms with van der Waals surface area (Å²) in [4.78, 5) is 8.14. The van der Waals surface area contributed by atoms with Gasteiger partial charge in [0.25, 0.3) is 0 Å². The van der Waals surface area contributed by atoms with E-state index in [0.717, 1.165) is 25.7 Å². The van der Waals surface area contributed by atoms with Gasteiger partial charge in [-0.3, -0.25) is 0 Å². The number of nitrogens with zero attached hydrogens (tertiary/aromatic N) is 2. The second kappa shape index (κ2) is 4.39. The molecule has 0 atom stereocenters. The lowest BCUT2D eigenvalue weighted by Crippen LogP contribution is -2.26. The van der Waals surface area contributed by atoms with Gasteiger partial charge in [-0.15, -0.1) is 0 Å². The van der Waals surface area contributed by atoms with Gasteiger partial charge < -0.3 is 15.2 Å². The van der Waals surface area contributed by atoms with Gasteiger partial charge in [0.15, 0.2) is 0 Å². The second-order valence-corrected chi connectivity index (χ2v) is 4.74. The van der Waals surface area contributed by atoms with Crippen LogP contribution in [-0.4, -0.2) is 22.2 Å². The van der Waals surface area contributed by atoms with Gasteiger partial charge in [-0.2, -0.15) is 9.97 Å². The van der Waals surface area contributed by atoms with E-state index in [-0.39, 0.29) is 5.95 Å². The SMILES string of the molecule is Nc1nc(OC2CCC2)cc(OC2CCC2)n1. The van der Waals surface area contributed by atoms with E-state index < -0.39 is 0 Å². The molecule has 0 aromatic carbocycles. The molecule has 1 aromatic heterocycles. The highest BCUT2D eigenvalue weighted by Crippen LogP contribution is 2.28. The van der Waals surface area contributed by atoms with Gasteiger partial charge in [-0.1, -0.05) is 0 Å².